The van der Waals surface area contributed by atoms with Crippen LogP contribution in [-0.4, -0.2) is 4.98 Å². The van der Waals surface area contributed by atoms with Gasteiger partial charge in [-0.2, -0.15) is 4.57 Å². The molecule has 0 spiro atoms. The lowest BCUT2D eigenvalue weighted by molar-refractivity contribution is -0.737. The van der Waals surface area contributed by atoms with Crippen molar-refractivity contribution >= 4 is 0 Å². The van der Waals surface area contributed by atoms with Crippen LogP contribution in [-0.2, 0) is 5.54 Å². The molecule has 2 heterocycles. The minimum atomic E-state index is -0.336. The van der Waals surface area contributed by atoms with Crippen LogP contribution < -0.4 is 4.57 Å². The summed E-state index contributed by atoms with van der Waals surface area (Å²) in [5, 5.41) is 0. The molecule has 0 N–H and O–H groups in total. The molecule has 5 rings (SSSR count). The monoisotopic (exact) mass is 483 g/mol. The number of rotatable bonds is 5. The first-order valence-electron chi connectivity index (χ1n) is 13.0. The summed E-state index contributed by atoms with van der Waals surface area (Å²) < 4.78 is 2.43. The van der Waals surface area contributed by atoms with Gasteiger partial charge in [0.2, 0.25) is 5.69 Å². The first kappa shape index (κ1) is 24.6. The molecule has 5 aromatic rings. The Kier molecular flexibility index (Phi) is 6.52. The lowest BCUT2D eigenvalue weighted by Crippen LogP contribution is -2.54. The molecule has 0 fully saturated rings. The summed E-state index contributed by atoms with van der Waals surface area (Å²) in [4.78, 5) is 4.79. The average molecular weight is 484 g/mol. The summed E-state index contributed by atoms with van der Waals surface area (Å²) in [5.41, 5.74) is 12.9. The molecule has 0 saturated heterocycles. The van der Waals surface area contributed by atoms with Crippen molar-refractivity contribution in [2.45, 2.75) is 47.1 Å². The van der Waals surface area contributed by atoms with Crippen LogP contribution in [0.4, 0.5) is 0 Å². The molecule has 0 bridgehead atoms. The molecule has 2 aromatic heterocycles. The maximum atomic E-state index is 4.79. The minimum absolute atomic E-state index is 0.336. The van der Waals surface area contributed by atoms with Crippen molar-refractivity contribution in [3.63, 3.8) is 0 Å². The van der Waals surface area contributed by atoms with Crippen LogP contribution in [0.3, 0.4) is 0 Å². The van der Waals surface area contributed by atoms with Gasteiger partial charge in [0.25, 0.3) is 0 Å². The Hall–Kier alpha value is -4.04. The molecule has 0 unspecified atom stereocenters. The summed E-state index contributed by atoms with van der Waals surface area (Å²) in [6.45, 7) is 13.2. The number of hydrogen-bond donors (Lipinski definition) is 0. The summed E-state index contributed by atoms with van der Waals surface area (Å²) in [5.74, 6) is 0. The second-order valence-corrected chi connectivity index (χ2v) is 10.7. The highest BCUT2D eigenvalue weighted by atomic mass is 15.0. The molecule has 184 valence electrons. The molecule has 0 aliphatic rings. The molecule has 3 aromatic carbocycles. The van der Waals surface area contributed by atoms with Crippen molar-refractivity contribution in [1.82, 2.24) is 4.98 Å². The summed E-state index contributed by atoms with van der Waals surface area (Å²) in [6.07, 6.45) is 4.21. The van der Waals surface area contributed by atoms with Crippen LogP contribution in [0.1, 0.15) is 41.7 Å². The Balaban J connectivity index is 1.74. The van der Waals surface area contributed by atoms with Gasteiger partial charge in [-0.05, 0) is 68.1 Å². The highest BCUT2D eigenvalue weighted by Crippen LogP contribution is 2.34. The van der Waals surface area contributed by atoms with Gasteiger partial charge in [0, 0.05) is 48.9 Å². The molecule has 0 saturated carbocycles. The molecule has 0 radical (unpaired) electrons. The second-order valence-electron chi connectivity index (χ2n) is 10.7. The van der Waals surface area contributed by atoms with Gasteiger partial charge >= 0.3 is 0 Å². The van der Waals surface area contributed by atoms with Crippen LogP contribution in [0.5, 0.6) is 0 Å². The maximum absolute atomic E-state index is 4.79. The van der Waals surface area contributed by atoms with E-state index in [1.807, 2.05) is 6.20 Å². The molecule has 2 nitrogen and oxygen atoms in total. The van der Waals surface area contributed by atoms with E-state index in [1.165, 1.54) is 55.8 Å². The predicted octanol–water partition coefficient (Wildman–Crippen LogP) is 8.39. The first-order valence-corrected chi connectivity index (χ1v) is 13.0. The zero-order valence-corrected chi connectivity index (χ0v) is 22.7. The maximum Gasteiger partial charge on any atom is 0.214 e. The molecular weight excluding hydrogens is 448 g/mol. The van der Waals surface area contributed by atoms with E-state index >= 15 is 0 Å². The fraction of sp³-hybridized carbons (Fsp3) is 0.200. The fourth-order valence-corrected chi connectivity index (χ4v) is 5.13. The molecule has 37 heavy (non-hydrogen) atoms. The molecule has 0 aliphatic heterocycles. The number of aromatic nitrogens is 2. The fourth-order valence-electron chi connectivity index (χ4n) is 5.13. The number of nitrogens with zero attached hydrogens (tertiary/aromatic N) is 2. The molecule has 0 atom stereocenters. The van der Waals surface area contributed by atoms with Crippen molar-refractivity contribution in [1.29, 1.82) is 0 Å². The molecule has 0 amide bonds. The minimum Gasteiger partial charge on any atom is -0.256 e. The number of aryl methyl sites for hydroxylation is 4. The van der Waals surface area contributed by atoms with Gasteiger partial charge in [-0.25, -0.2) is 0 Å². The summed E-state index contributed by atoms with van der Waals surface area (Å²) in [7, 11) is 0. The van der Waals surface area contributed by atoms with E-state index in [-0.39, 0.29) is 5.54 Å². The summed E-state index contributed by atoms with van der Waals surface area (Å²) in [6, 6.07) is 33.0. The van der Waals surface area contributed by atoms with Crippen LogP contribution in [0.25, 0.3) is 33.6 Å². The van der Waals surface area contributed by atoms with E-state index in [4.69, 9.17) is 4.98 Å². The molecule has 2 heteroatoms. The van der Waals surface area contributed by atoms with Gasteiger partial charge in [0.05, 0.1) is 5.69 Å². The quantitative estimate of drug-likeness (QED) is 0.229. The van der Waals surface area contributed by atoms with Gasteiger partial charge in [-0.3, -0.25) is 4.98 Å². The van der Waals surface area contributed by atoms with E-state index in [9.17, 15) is 0 Å². The smallest absolute Gasteiger partial charge is 0.214 e. The highest BCUT2D eigenvalue weighted by molar-refractivity contribution is 5.71. The molecular formula is C35H35N2+. The third-order valence-electron chi connectivity index (χ3n) is 7.38. The Morgan fingerprint density at radius 1 is 0.622 bits per heavy atom. The standard InChI is InChI=1S/C35H35N2/c1-24-11-15-28(16-12-24)29-19-20-37(34(22-29)30-10-8-7-9-27(30)4)35(5,6)32-21-25(2)13-17-31(32)33-18-14-26(3)23-36-33/h7-23H,1-6H3/q+1. The van der Waals surface area contributed by atoms with Crippen LogP contribution >= 0.6 is 0 Å². The van der Waals surface area contributed by atoms with Crippen molar-refractivity contribution in [2.75, 3.05) is 0 Å². The van der Waals surface area contributed by atoms with E-state index < -0.39 is 0 Å². The Morgan fingerprint density at radius 3 is 2.03 bits per heavy atom. The van der Waals surface area contributed by atoms with Crippen LogP contribution in [0.15, 0.2) is 103 Å². The lowest BCUT2D eigenvalue weighted by atomic mass is 9.85. The molecule has 0 aliphatic carbocycles. The van der Waals surface area contributed by atoms with Crippen molar-refractivity contribution in [3.8, 4) is 33.6 Å². The van der Waals surface area contributed by atoms with Gasteiger partial charge in [0.1, 0.15) is 0 Å². The normalized spacial score (nSPS) is 11.5. The Morgan fingerprint density at radius 2 is 1.32 bits per heavy atom. The largest absolute Gasteiger partial charge is 0.256 e. The van der Waals surface area contributed by atoms with Gasteiger partial charge in [-0.1, -0.05) is 71.8 Å². The highest BCUT2D eigenvalue weighted by Gasteiger charge is 2.37. The topological polar surface area (TPSA) is 16.8 Å². The van der Waals surface area contributed by atoms with Crippen molar-refractivity contribution < 1.29 is 4.57 Å². The Bertz CT molecular complexity index is 1560. The average Bonchev–Trinajstić information content (AvgIpc) is 2.89. The SMILES string of the molecule is Cc1ccc(-c2cc[n+](C(C)(C)c3cc(C)ccc3-c3ccc(C)cn3)c(-c3ccccc3C)c2)cc1. The Labute approximate surface area is 221 Å². The third kappa shape index (κ3) is 4.84. The van der Waals surface area contributed by atoms with Gasteiger partial charge in [0.15, 0.2) is 11.7 Å². The first-order chi connectivity index (χ1) is 17.7. The predicted molar refractivity (Wildman–Crippen MR) is 155 cm³/mol. The van der Waals surface area contributed by atoms with Crippen molar-refractivity contribution in [3.05, 3.63) is 131 Å². The van der Waals surface area contributed by atoms with E-state index in [0.717, 1.165) is 5.69 Å². The number of hydrogen-bond acceptors (Lipinski definition) is 1. The zero-order chi connectivity index (χ0) is 26.2. The van der Waals surface area contributed by atoms with Crippen LogP contribution in [0, 0.1) is 27.7 Å². The van der Waals surface area contributed by atoms with Crippen LogP contribution in [0.2, 0.25) is 0 Å². The second kappa shape index (κ2) is 9.78. The van der Waals surface area contributed by atoms with E-state index in [1.54, 1.807) is 0 Å². The zero-order valence-electron chi connectivity index (χ0n) is 22.7. The van der Waals surface area contributed by atoms with E-state index in [2.05, 4.69) is 143 Å². The van der Waals surface area contributed by atoms with Crippen molar-refractivity contribution in [2.24, 2.45) is 0 Å². The van der Waals surface area contributed by atoms with E-state index in [0.29, 0.717) is 0 Å². The number of benzene rings is 3. The number of pyridine rings is 2. The third-order valence-corrected chi connectivity index (χ3v) is 7.38. The van der Waals surface area contributed by atoms with Gasteiger partial charge in [-0.15, -0.1) is 0 Å². The lowest BCUT2D eigenvalue weighted by Gasteiger charge is -2.26. The van der Waals surface area contributed by atoms with Gasteiger partial charge < -0.3 is 0 Å². The summed E-state index contributed by atoms with van der Waals surface area (Å²) >= 11 is 0.